The minimum absolute atomic E-state index is 0.137. The molecule has 0 radical (unpaired) electrons. The Labute approximate surface area is 178 Å². The topological polar surface area (TPSA) is 85.3 Å². The quantitative estimate of drug-likeness (QED) is 0.330. The molecule has 0 spiro atoms. The summed E-state index contributed by atoms with van der Waals surface area (Å²) in [6.45, 7) is 1.32. The number of likely N-dealkylation sites (tertiary alicyclic amines) is 1. The molecule has 1 amide bonds. The first-order chi connectivity index (χ1) is 15.0. The van der Waals surface area contributed by atoms with Crippen LogP contribution in [0.15, 0.2) is 48.0 Å². The van der Waals surface area contributed by atoms with E-state index in [1.165, 1.54) is 30.2 Å². The molecule has 7 nitrogen and oxygen atoms in total. The van der Waals surface area contributed by atoms with E-state index in [1.807, 2.05) is 0 Å². The first kappa shape index (κ1) is 20.9. The minimum atomic E-state index is -1.05. The van der Waals surface area contributed by atoms with Crippen LogP contribution in [-0.4, -0.2) is 55.2 Å². The molecule has 1 fully saturated rings. The van der Waals surface area contributed by atoms with Gasteiger partial charge in [0.15, 0.2) is 11.5 Å². The van der Waals surface area contributed by atoms with Gasteiger partial charge < -0.3 is 24.2 Å². The van der Waals surface area contributed by atoms with Gasteiger partial charge in [0, 0.05) is 31.4 Å². The third-order valence-corrected chi connectivity index (χ3v) is 5.30. The molecule has 2 heterocycles. The Morgan fingerprint density at radius 1 is 1.16 bits per heavy atom. The van der Waals surface area contributed by atoms with E-state index in [0.29, 0.717) is 37.7 Å². The van der Waals surface area contributed by atoms with E-state index in [2.05, 4.69) is 0 Å². The van der Waals surface area contributed by atoms with Gasteiger partial charge in [0.25, 0.3) is 11.7 Å². The minimum Gasteiger partial charge on any atom is -0.507 e. The van der Waals surface area contributed by atoms with Crippen molar-refractivity contribution in [2.45, 2.75) is 12.5 Å². The molecule has 2 aromatic carbocycles. The molecule has 4 rings (SSSR count). The predicted molar refractivity (Wildman–Crippen MR) is 109 cm³/mol. The van der Waals surface area contributed by atoms with Crippen LogP contribution in [0.3, 0.4) is 0 Å². The Morgan fingerprint density at radius 2 is 1.90 bits per heavy atom. The molecule has 31 heavy (non-hydrogen) atoms. The summed E-state index contributed by atoms with van der Waals surface area (Å²) < 4.78 is 30.8. The lowest BCUT2D eigenvalue weighted by atomic mass is 9.94. The van der Waals surface area contributed by atoms with Crippen LogP contribution in [0, 0.1) is 5.82 Å². The van der Waals surface area contributed by atoms with Crippen LogP contribution >= 0.6 is 0 Å². The highest BCUT2D eigenvalue weighted by molar-refractivity contribution is 6.46. The van der Waals surface area contributed by atoms with E-state index in [1.54, 1.807) is 24.3 Å². The molecule has 8 heteroatoms. The standard InChI is InChI=1S/C23H22FNO6/c1-29-10-4-9-25-20(15-5-2-3-6-16(15)24)19(22(27)23(25)28)21(26)14-7-8-17-18(13-14)31-12-11-30-17/h2-3,5-8,13,20,26H,4,9-12H2,1H3/b21-19+/t20-/m1/s1. The van der Waals surface area contributed by atoms with Crippen molar-refractivity contribution in [2.24, 2.45) is 0 Å². The number of ketones is 1. The van der Waals surface area contributed by atoms with E-state index in [0.717, 1.165) is 0 Å². The van der Waals surface area contributed by atoms with Crippen molar-refractivity contribution in [3.8, 4) is 11.5 Å². The lowest BCUT2D eigenvalue weighted by Crippen LogP contribution is -2.31. The van der Waals surface area contributed by atoms with Crippen molar-refractivity contribution in [3.05, 3.63) is 65.0 Å². The van der Waals surface area contributed by atoms with Crippen molar-refractivity contribution in [2.75, 3.05) is 33.5 Å². The summed E-state index contributed by atoms with van der Waals surface area (Å²) in [5.41, 5.74) is 0.253. The van der Waals surface area contributed by atoms with Gasteiger partial charge in [-0.3, -0.25) is 9.59 Å². The molecular weight excluding hydrogens is 405 g/mol. The van der Waals surface area contributed by atoms with Crippen molar-refractivity contribution >= 4 is 17.4 Å². The predicted octanol–water partition coefficient (Wildman–Crippen LogP) is 3.06. The molecule has 0 aliphatic carbocycles. The zero-order valence-electron chi connectivity index (χ0n) is 17.0. The number of ether oxygens (including phenoxy) is 3. The Balaban J connectivity index is 1.82. The number of benzene rings is 2. The molecule has 0 bridgehead atoms. The largest absolute Gasteiger partial charge is 0.507 e. The van der Waals surface area contributed by atoms with Crippen molar-refractivity contribution < 1.29 is 33.3 Å². The lowest BCUT2D eigenvalue weighted by Gasteiger charge is -2.25. The maximum absolute atomic E-state index is 14.7. The van der Waals surface area contributed by atoms with Crippen LogP contribution in [0.25, 0.3) is 5.76 Å². The second-order valence-electron chi connectivity index (χ2n) is 7.22. The smallest absolute Gasteiger partial charge is 0.295 e. The maximum atomic E-state index is 14.7. The SMILES string of the molecule is COCCCN1C(=O)C(=O)/C(=C(/O)c2ccc3c(c2)OCCO3)[C@H]1c1ccccc1F. The second kappa shape index (κ2) is 8.77. The summed E-state index contributed by atoms with van der Waals surface area (Å²) in [5.74, 6) is -1.67. The normalized spacial score (nSPS) is 19.7. The summed E-state index contributed by atoms with van der Waals surface area (Å²) in [4.78, 5) is 27.0. The number of Topliss-reactive ketones (excluding diaryl/α,β-unsaturated/α-hetero) is 1. The molecule has 1 atom stereocenters. The van der Waals surface area contributed by atoms with Crippen LogP contribution in [0.1, 0.15) is 23.6 Å². The summed E-state index contributed by atoms with van der Waals surface area (Å²) in [7, 11) is 1.53. The number of carbonyl (C=O) groups excluding carboxylic acids is 2. The number of aliphatic hydroxyl groups excluding tert-OH is 1. The first-order valence-electron chi connectivity index (χ1n) is 9.94. The number of methoxy groups -OCH3 is 1. The summed E-state index contributed by atoms with van der Waals surface area (Å²) in [5, 5.41) is 11.1. The molecule has 2 aliphatic heterocycles. The van der Waals surface area contributed by atoms with E-state index in [-0.39, 0.29) is 23.2 Å². The third kappa shape index (κ3) is 3.86. The number of hydrogen-bond acceptors (Lipinski definition) is 6. The average molecular weight is 427 g/mol. The number of aliphatic hydroxyl groups is 1. The summed E-state index contributed by atoms with van der Waals surface area (Å²) >= 11 is 0. The molecule has 162 valence electrons. The van der Waals surface area contributed by atoms with Crippen molar-refractivity contribution in [1.82, 2.24) is 4.90 Å². The monoisotopic (exact) mass is 427 g/mol. The Kier molecular flexibility index (Phi) is 5.90. The average Bonchev–Trinajstić information content (AvgIpc) is 3.03. The van der Waals surface area contributed by atoms with Crippen molar-refractivity contribution in [3.63, 3.8) is 0 Å². The molecule has 2 aromatic rings. The van der Waals surface area contributed by atoms with E-state index in [4.69, 9.17) is 14.2 Å². The highest BCUT2D eigenvalue weighted by Gasteiger charge is 2.46. The fraction of sp³-hybridized carbons (Fsp3) is 0.304. The number of halogens is 1. The fourth-order valence-electron chi connectivity index (χ4n) is 3.86. The van der Waals surface area contributed by atoms with Gasteiger partial charge in [-0.05, 0) is 30.7 Å². The van der Waals surface area contributed by atoms with Crippen LogP contribution in [0.4, 0.5) is 4.39 Å². The van der Waals surface area contributed by atoms with Gasteiger partial charge in [-0.2, -0.15) is 0 Å². The summed E-state index contributed by atoms with van der Waals surface area (Å²) in [6, 6.07) is 9.60. The maximum Gasteiger partial charge on any atom is 0.295 e. The first-order valence-corrected chi connectivity index (χ1v) is 9.94. The molecule has 0 saturated carbocycles. The lowest BCUT2D eigenvalue weighted by molar-refractivity contribution is -0.140. The van der Waals surface area contributed by atoms with Gasteiger partial charge in [-0.25, -0.2) is 4.39 Å². The zero-order valence-corrected chi connectivity index (χ0v) is 17.0. The number of nitrogens with zero attached hydrogens (tertiary/aromatic N) is 1. The van der Waals surface area contributed by atoms with Gasteiger partial charge in [-0.1, -0.05) is 18.2 Å². The molecule has 1 N–H and O–H groups in total. The number of fused-ring (bicyclic) bond motifs is 1. The molecule has 2 aliphatic rings. The summed E-state index contributed by atoms with van der Waals surface area (Å²) in [6.07, 6.45) is 0.457. The van der Waals surface area contributed by atoms with Crippen LogP contribution in [-0.2, 0) is 14.3 Å². The van der Waals surface area contributed by atoms with E-state index < -0.39 is 29.3 Å². The number of hydrogen-bond donors (Lipinski definition) is 1. The highest BCUT2D eigenvalue weighted by Crippen LogP contribution is 2.41. The fourth-order valence-corrected chi connectivity index (χ4v) is 3.86. The number of amides is 1. The Morgan fingerprint density at radius 3 is 2.65 bits per heavy atom. The molecular formula is C23H22FNO6. The van der Waals surface area contributed by atoms with Gasteiger partial charge in [0.05, 0.1) is 11.6 Å². The molecule has 0 unspecified atom stereocenters. The van der Waals surface area contributed by atoms with Gasteiger partial charge in [0.2, 0.25) is 0 Å². The number of rotatable bonds is 6. The molecule has 1 saturated heterocycles. The van der Waals surface area contributed by atoms with E-state index >= 15 is 0 Å². The third-order valence-electron chi connectivity index (χ3n) is 5.30. The van der Waals surface area contributed by atoms with E-state index in [9.17, 15) is 19.1 Å². The van der Waals surface area contributed by atoms with Crippen LogP contribution in [0.2, 0.25) is 0 Å². The highest BCUT2D eigenvalue weighted by atomic mass is 19.1. The number of carbonyl (C=O) groups is 2. The second-order valence-corrected chi connectivity index (χ2v) is 7.22. The van der Waals surface area contributed by atoms with Crippen molar-refractivity contribution in [1.29, 1.82) is 0 Å². The van der Waals surface area contributed by atoms with Gasteiger partial charge in [-0.15, -0.1) is 0 Å². The Bertz CT molecular complexity index is 1050. The zero-order chi connectivity index (χ0) is 22.0. The van der Waals surface area contributed by atoms with Gasteiger partial charge in [0.1, 0.15) is 24.8 Å². The van der Waals surface area contributed by atoms with Crippen LogP contribution in [0.5, 0.6) is 11.5 Å². The Hall–Kier alpha value is -3.39. The molecule has 0 aromatic heterocycles. The van der Waals surface area contributed by atoms with Crippen LogP contribution < -0.4 is 9.47 Å². The van der Waals surface area contributed by atoms with Gasteiger partial charge >= 0.3 is 0 Å².